The number of allylic oxidation sites excluding steroid dienone is 1. The molecule has 0 amide bonds. The van der Waals surface area contributed by atoms with Crippen LogP contribution in [-0.4, -0.2) is 25.3 Å². The highest BCUT2D eigenvalue weighted by molar-refractivity contribution is 7.17. The molecule has 0 N–H and O–H groups in total. The summed E-state index contributed by atoms with van der Waals surface area (Å²) in [5.41, 5.74) is 1.62. The molecular formula is C16H22FN3S. The molecule has 0 saturated carbocycles. The van der Waals surface area contributed by atoms with Gasteiger partial charge in [-0.2, -0.15) is 5.26 Å². The van der Waals surface area contributed by atoms with E-state index in [9.17, 15) is 9.65 Å². The summed E-state index contributed by atoms with van der Waals surface area (Å²) in [5.74, 6) is -0.558. The van der Waals surface area contributed by atoms with E-state index < -0.39 is 5.83 Å². The van der Waals surface area contributed by atoms with Gasteiger partial charge in [-0.25, -0.2) is 9.38 Å². The number of hydrogen-bond donors (Lipinski definition) is 0. The predicted octanol–water partition coefficient (Wildman–Crippen LogP) is 5.23. The Kier molecular flexibility index (Phi) is 8.25. The fourth-order valence-electron chi connectivity index (χ4n) is 1.49. The topological polar surface area (TPSA) is 39.4 Å². The van der Waals surface area contributed by atoms with Gasteiger partial charge in [-0.05, 0) is 12.0 Å². The Bertz CT molecular complexity index is 577. The first kappa shape index (κ1) is 19.1. The van der Waals surface area contributed by atoms with Crippen LogP contribution in [-0.2, 0) is 0 Å². The van der Waals surface area contributed by atoms with Gasteiger partial charge in [-0.15, -0.1) is 11.3 Å². The van der Waals surface area contributed by atoms with Crippen LogP contribution in [0.25, 0.3) is 11.4 Å². The average Bonchev–Trinajstić information content (AvgIpc) is 2.85. The highest BCUT2D eigenvalue weighted by atomic mass is 32.1. The van der Waals surface area contributed by atoms with Crippen LogP contribution in [0.4, 0.5) is 9.39 Å². The standard InChI is InChI=1S/C14H16FN3S.C2H6/c1-6-9(2)12-11(7-16)14(17-8-18(4)5)19-13(12)10(3)15;1-2/h8H,2-3,6H2,1,4-5H3;1-2H3/b17-8+;. The average molecular weight is 307 g/mol. The molecule has 1 heterocycles. The molecule has 1 aromatic heterocycles. The van der Waals surface area contributed by atoms with Crippen LogP contribution in [0.3, 0.4) is 0 Å². The zero-order valence-corrected chi connectivity index (χ0v) is 14.1. The van der Waals surface area contributed by atoms with Gasteiger partial charge in [0.2, 0.25) is 0 Å². The number of thiophene rings is 1. The van der Waals surface area contributed by atoms with Crippen molar-refractivity contribution in [3.63, 3.8) is 0 Å². The van der Waals surface area contributed by atoms with Gasteiger partial charge in [0, 0.05) is 19.7 Å². The van der Waals surface area contributed by atoms with Crippen LogP contribution >= 0.6 is 11.3 Å². The van der Waals surface area contributed by atoms with Gasteiger partial charge < -0.3 is 4.90 Å². The van der Waals surface area contributed by atoms with Crippen LogP contribution in [0.15, 0.2) is 18.2 Å². The summed E-state index contributed by atoms with van der Waals surface area (Å²) in [6.45, 7) is 13.1. The Balaban J connectivity index is 0.00000191. The van der Waals surface area contributed by atoms with E-state index in [1.54, 1.807) is 11.2 Å². The highest BCUT2D eigenvalue weighted by Gasteiger charge is 2.21. The van der Waals surface area contributed by atoms with Crippen molar-refractivity contribution in [1.29, 1.82) is 5.26 Å². The fraction of sp³-hybridized carbons (Fsp3) is 0.375. The first-order chi connectivity index (χ1) is 9.92. The molecule has 0 atom stereocenters. The molecule has 5 heteroatoms. The molecule has 0 bridgehead atoms. The normalized spacial score (nSPS) is 9.76. The lowest BCUT2D eigenvalue weighted by atomic mass is 10.0. The van der Waals surface area contributed by atoms with E-state index in [2.05, 4.69) is 24.2 Å². The molecule has 0 aliphatic rings. The Morgan fingerprint density at radius 1 is 1.43 bits per heavy atom. The van der Waals surface area contributed by atoms with E-state index in [1.165, 1.54) is 0 Å². The third kappa shape index (κ3) is 4.83. The minimum Gasteiger partial charge on any atom is -0.369 e. The van der Waals surface area contributed by atoms with Gasteiger partial charge in [0.25, 0.3) is 0 Å². The second-order valence-corrected chi connectivity index (χ2v) is 5.17. The number of aliphatic imine (C=N–C) groups is 1. The SMILES string of the molecule is C=C(F)c1sc(/N=C/N(C)C)c(C#N)c1C(=C)CC.CC. The number of hydrogen-bond acceptors (Lipinski definition) is 3. The van der Waals surface area contributed by atoms with Crippen molar-refractivity contribution in [2.45, 2.75) is 27.2 Å². The zero-order valence-electron chi connectivity index (χ0n) is 13.3. The largest absolute Gasteiger partial charge is 0.369 e. The Morgan fingerprint density at radius 3 is 2.38 bits per heavy atom. The number of nitrogens with zero attached hydrogens (tertiary/aromatic N) is 3. The maximum absolute atomic E-state index is 13.5. The van der Waals surface area contributed by atoms with Crippen molar-refractivity contribution in [1.82, 2.24) is 4.90 Å². The summed E-state index contributed by atoms with van der Waals surface area (Å²) in [6, 6.07) is 2.09. The van der Waals surface area contributed by atoms with E-state index in [0.29, 0.717) is 33.0 Å². The summed E-state index contributed by atoms with van der Waals surface area (Å²) in [4.78, 5) is 6.30. The summed E-state index contributed by atoms with van der Waals surface area (Å²) in [6.07, 6.45) is 2.22. The molecule has 0 fully saturated rings. The lowest BCUT2D eigenvalue weighted by Crippen LogP contribution is -2.06. The van der Waals surface area contributed by atoms with Crippen LogP contribution in [0.5, 0.6) is 0 Å². The maximum atomic E-state index is 13.5. The van der Waals surface area contributed by atoms with Crippen LogP contribution in [0, 0.1) is 11.3 Å². The minimum absolute atomic E-state index is 0.342. The van der Waals surface area contributed by atoms with Crippen LogP contribution < -0.4 is 0 Å². The van der Waals surface area contributed by atoms with Crippen molar-refractivity contribution in [2.24, 2.45) is 4.99 Å². The molecule has 0 aliphatic heterocycles. The van der Waals surface area contributed by atoms with E-state index in [1.807, 2.05) is 34.9 Å². The molecule has 0 spiro atoms. The van der Waals surface area contributed by atoms with Gasteiger partial charge in [-0.3, -0.25) is 0 Å². The molecule has 1 rings (SSSR count). The lowest BCUT2D eigenvalue weighted by Gasteiger charge is -2.03. The molecule has 0 saturated heterocycles. The van der Waals surface area contributed by atoms with Crippen molar-refractivity contribution in [3.05, 3.63) is 29.2 Å². The van der Waals surface area contributed by atoms with Gasteiger partial charge >= 0.3 is 0 Å². The van der Waals surface area contributed by atoms with E-state index in [4.69, 9.17) is 0 Å². The number of rotatable bonds is 5. The first-order valence-electron chi connectivity index (χ1n) is 6.72. The smallest absolute Gasteiger partial charge is 0.136 e. The maximum Gasteiger partial charge on any atom is 0.136 e. The van der Waals surface area contributed by atoms with Crippen molar-refractivity contribution >= 4 is 34.1 Å². The van der Waals surface area contributed by atoms with Gasteiger partial charge in [0.05, 0.1) is 16.8 Å². The molecule has 0 aromatic carbocycles. The van der Waals surface area contributed by atoms with Crippen LogP contribution in [0.1, 0.15) is 43.2 Å². The highest BCUT2D eigenvalue weighted by Crippen LogP contribution is 2.42. The van der Waals surface area contributed by atoms with Crippen molar-refractivity contribution < 1.29 is 4.39 Å². The molecule has 0 aliphatic carbocycles. The molecule has 114 valence electrons. The summed E-state index contributed by atoms with van der Waals surface area (Å²) >= 11 is 1.12. The van der Waals surface area contributed by atoms with E-state index in [-0.39, 0.29) is 0 Å². The van der Waals surface area contributed by atoms with E-state index in [0.717, 1.165) is 11.3 Å². The van der Waals surface area contributed by atoms with E-state index >= 15 is 0 Å². The fourth-order valence-corrected chi connectivity index (χ4v) is 2.49. The summed E-state index contributed by atoms with van der Waals surface area (Å²) < 4.78 is 13.5. The predicted molar refractivity (Wildman–Crippen MR) is 91.7 cm³/mol. The van der Waals surface area contributed by atoms with Crippen molar-refractivity contribution in [2.75, 3.05) is 14.1 Å². The molecule has 0 unspecified atom stereocenters. The second-order valence-electron chi connectivity index (χ2n) is 4.17. The number of nitriles is 1. The second kappa shape index (κ2) is 9.09. The minimum atomic E-state index is -0.558. The Hall–Kier alpha value is -1.93. The van der Waals surface area contributed by atoms with Gasteiger partial charge in [-0.1, -0.05) is 33.9 Å². The monoisotopic (exact) mass is 307 g/mol. The molecule has 1 aromatic rings. The Morgan fingerprint density at radius 2 is 2.00 bits per heavy atom. The lowest BCUT2D eigenvalue weighted by molar-refractivity contribution is 0.643. The summed E-state index contributed by atoms with van der Waals surface area (Å²) in [7, 11) is 3.65. The van der Waals surface area contributed by atoms with Crippen LogP contribution in [0.2, 0.25) is 0 Å². The molecule has 0 radical (unpaired) electrons. The summed E-state index contributed by atoms with van der Waals surface area (Å²) in [5, 5.41) is 9.76. The zero-order chi connectivity index (χ0) is 16.6. The first-order valence-corrected chi connectivity index (χ1v) is 7.54. The van der Waals surface area contributed by atoms with Gasteiger partial charge in [0.1, 0.15) is 16.9 Å². The molecule has 21 heavy (non-hydrogen) atoms. The third-order valence-electron chi connectivity index (χ3n) is 2.43. The molecule has 3 nitrogen and oxygen atoms in total. The quantitative estimate of drug-likeness (QED) is 0.552. The Labute approximate surface area is 130 Å². The van der Waals surface area contributed by atoms with Crippen molar-refractivity contribution in [3.8, 4) is 6.07 Å². The number of halogens is 1. The third-order valence-corrected chi connectivity index (χ3v) is 3.57. The van der Waals surface area contributed by atoms with Gasteiger partial charge in [0.15, 0.2) is 0 Å². The molecular weight excluding hydrogens is 285 g/mol.